The lowest BCUT2D eigenvalue weighted by Crippen LogP contribution is -2.29. The molecule has 0 saturated carbocycles. The summed E-state index contributed by atoms with van der Waals surface area (Å²) in [6.45, 7) is 6.40. The van der Waals surface area contributed by atoms with Gasteiger partial charge in [-0.15, -0.1) is 0 Å². The smallest absolute Gasteiger partial charge is 0.131 e. The van der Waals surface area contributed by atoms with Crippen molar-refractivity contribution in [3.8, 4) is 5.75 Å². The number of rotatable bonds is 0. The average molecular weight is 200 g/mol. The lowest BCUT2D eigenvalue weighted by molar-refractivity contribution is 0.157. The van der Waals surface area contributed by atoms with Crippen LogP contribution in [0.1, 0.15) is 37.0 Å². The van der Waals surface area contributed by atoms with Crippen molar-refractivity contribution in [2.45, 2.75) is 39.2 Å². The van der Waals surface area contributed by atoms with Gasteiger partial charge in [0.15, 0.2) is 0 Å². The molecular weight excluding hydrogens is 184 g/mol. The van der Waals surface area contributed by atoms with Crippen LogP contribution in [0.4, 0.5) is 0 Å². The van der Waals surface area contributed by atoms with E-state index in [1.54, 1.807) is 0 Å². The molecule has 0 aromatic heterocycles. The van der Waals surface area contributed by atoms with E-state index in [2.05, 4.69) is 39.0 Å². The van der Waals surface area contributed by atoms with Crippen molar-refractivity contribution in [1.82, 2.24) is 0 Å². The molecule has 1 nitrogen and oxygen atoms in total. The van der Waals surface area contributed by atoms with E-state index in [1.807, 2.05) is 0 Å². The van der Waals surface area contributed by atoms with Crippen LogP contribution in [-0.4, -0.2) is 5.60 Å². The van der Waals surface area contributed by atoms with E-state index in [1.165, 1.54) is 35.1 Å². The lowest BCUT2D eigenvalue weighted by Gasteiger charge is -2.31. The van der Waals surface area contributed by atoms with Crippen molar-refractivity contribution in [3.05, 3.63) is 34.9 Å². The quantitative estimate of drug-likeness (QED) is 0.623. The monoisotopic (exact) mass is 200 g/mol. The van der Waals surface area contributed by atoms with Gasteiger partial charge in [0, 0.05) is 5.56 Å². The second-order valence-electron chi connectivity index (χ2n) is 5.12. The Hall–Kier alpha value is -1.24. The number of hydrogen-bond acceptors (Lipinski definition) is 1. The fourth-order valence-corrected chi connectivity index (χ4v) is 2.67. The van der Waals surface area contributed by atoms with Crippen molar-refractivity contribution in [1.29, 1.82) is 0 Å². The first-order chi connectivity index (χ1) is 7.07. The zero-order valence-corrected chi connectivity index (χ0v) is 9.55. The van der Waals surface area contributed by atoms with E-state index in [0.717, 1.165) is 5.75 Å². The van der Waals surface area contributed by atoms with Crippen molar-refractivity contribution in [3.63, 3.8) is 0 Å². The summed E-state index contributed by atoms with van der Waals surface area (Å²) in [7, 11) is 0. The molecule has 1 aliphatic carbocycles. The van der Waals surface area contributed by atoms with Gasteiger partial charge in [0.25, 0.3) is 0 Å². The summed E-state index contributed by atoms with van der Waals surface area (Å²) in [5, 5.41) is 0. The minimum atomic E-state index is -0.143. The zero-order chi connectivity index (χ0) is 10.6. The molecule has 0 atom stereocenters. The highest BCUT2D eigenvalue weighted by Gasteiger charge is 2.31. The molecule has 1 heteroatoms. The van der Waals surface area contributed by atoms with E-state index in [4.69, 9.17) is 4.74 Å². The summed E-state index contributed by atoms with van der Waals surface area (Å²) in [4.78, 5) is 0. The Kier molecular flexibility index (Phi) is 1.60. The van der Waals surface area contributed by atoms with Gasteiger partial charge in [0.2, 0.25) is 0 Å². The van der Waals surface area contributed by atoms with Gasteiger partial charge in [0.05, 0.1) is 0 Å². The Morgan fingerprint density at radius 3 is 2.80 bits per heavy atom. The molecule has 0 radical (unpaired) electrons. The number of hydrogen-bond donors (Lipinski definition) is 0. The fourth-order valence-electron chi connectivity index (χ4n) is 2.67. The highest BCUT2D eigenvalue weighted by molar-refractivity contribution is 5.80. The normalized spacial score (nSPS) is 20.6. The number of aryl methyl sites for hydroxylation is 2. The summed E-state index contributed by atoms with van der Waals surface area (Å²) in [6, 6.07) is 4.43. The van der Waals surface area contributed by atoms with Crippen molar-refractivity contribution < 1.29 is 4.74 Å². The van der Waals surface area contributed by atoms with Gasteiger partial charge in [-0.3, -0.25) is 0 Å². The number of allylic oxidation sites excluding steroid dienone is 1. The zero-order valence-electron chi connectivity index (χ0n) is 9.55. The third-order valence-corrected chi connectivity index (χ3v) is 3.31. The van der Waals surface area contributed by atoms with E-state index in [0.29, 0.717) is 0 Å². The molecule has 3 rings (SSSR count). The Morgan fingerprint density at radius 1 is 1.20 bits per heavy atom. The maximum atomic E-state index is 6.06. The van der Waals surface area contributed by atoms with Crippen LogP contribution in [0.3, 0.4) is 0 Å². The van der Waals surface area contributed by atoms with Crippen LogP contribution in [0.5, 0.6) is 5.75 Å². The third kappa shape index (κ3) is 1.22. The molecule has 1 aromatic rings. The van der Waals surface area contributed by atoms with E-state index >= 15 is 0 Å². The lowest BCUT2D eigenvalue weighted by atomic mass is 9.94. The Labute approximate surface area is 90.8 Å². The minimum absolute atomic E-state index is 0.143. The van der Waals surface area contributed by atoms with E-state index in [-0.39, 0.29) is 5.60 Å². The fraction of sp³-hybridized carbons (Fsp3) is 0.429. The van der Waals surface area contributed by atoms with Crippen molar-refractivity contribution in [2.24, 2.45) is 0 Å². The van der Waals surface area contributed by atoms with Crippen LogP contribution in [0, 0.1) is 6.92 Å². The SMILES string of the molecule is Cc1ccc2c3c1OC(C)(C)C=C3CC2. The molecule has 0 spiro atoms. The summed E-state index contributed by atoms with van der Waals surface area (Å²) in [6.07, 6.45) is 4.64. The van der Waals surface area contributed by atoms with Crippen LogP contribution in [0.25, 0.3) is 5.57 Å². The molecule has 2 aliphatic rings. The molecule has 78 valence electrons. The number of ether oxygens (including phenoxy) is 1. The van der Waals surface area contributed by atoms with Crippen LogP contribution in [-0.2, 0) is 6.42 Å². The maximum Gasteiger partial charge on any atom is 0.131 e. The second-order valence-corrected chi connectivity index (χ2v) is 5.12. The van der Waals surface area contributed by atoms with Gasteiger partial charge in [-0.25, -0.2) is 0 Å². The van der Waals surface area contributed by atoms with Gasteiger partial charge in [0.1, 0.15) is 11.4 Å². The Bertz CT molecular complexity index is 466. The molecule has 0 unspecified atom stereocenters. The molecule has 1 aliphatic heterocycles. The Balaban J connectivity index is 2.30. The predicted octanol–water partition coefficient (Wildman–Crippen LogP) is 3.50. The molecule has 0 saturated heterocycles. The van der Waals surface area contributed by atoms with Gasteiger partial charge in [-0.05, 0) is 56.4 Å². The minimum Gasteiger partial charge on any atom is -0.483 e. The average Bonchev–Trinajstić information content (AvgIpc) is 2.53. The van der Waals surface area contributed by atoms with Gasteiger partial charge < -0.3 is 4.74 Å². The number of benzene rings is 1. The standard InChI is InChI=1S/C14H16O/c1-9-4-5-10-6-7-11-8-14(2,3)15-13(9)12(10)11/h4-5,8H,6-7H2,1-3H3. The molecule has 0 fully saturated rings. The second kappa shape index (κ2) is 2.66. The molecule has 0 bridgehead atoms. The summed E-state index contributed by atoms with van der Waals surface area (Å²) in [5.74, 6) is 1.12. The largest absolute Gasteiger partial charge is 0.483 e. The molecular formula is C14H16O. The highest BCUT2D eigenvalue weighted by Crippen LogP contribution is 2.46. The summed E-state index contributed by atoms with van der Waals surface area (Å²) in [5.41, 5.74) is 5.44. The molecule has 1 heterocycles. The van der Waals surface area contributed by atoms with Gasteiger partial charge in [-0.2, -0.15) is 0 Å². The topological polar surface area (TPSA) is 9.23 Å². The summed E-state index contributed by atoms with van der Waals surface area (Å²) < 4.78 is 6.06. The summed E-state index contributed by atoms with van der Waals surface area (Å²) >= 11 is 0. The van der Waals surface area contributed by atoms with E-state index < -0.39 is 0 Å². The molecule has 0 N–H and O–H groups in total. The first-order valence-electron chi connectivity index (χ1n) is 5.60. The molecule has 15 heavy (non-hydrogen) atoms. The van der Waals surface area contributed by atoms with Gasteiger partial charge >= 0.3 is 0 Å². The van der Waals surface area contributed by atoms with Crippen molar-refractivity contribution >= 4 is 5.57 Å². The van der Waals surface area contributed by atoms with Crippen LogP contribution in [0.2, 0.25) is 0 Å². The highest BCUT2D eigenvalue weighted by atomic mass is 16.5. The van der Waals surface area contributed by atoms with Crippen LogP contribution < -0.4 is 4.74 Å². The van der Waals surface area contributed by atoms with E-state index in [9.17, 15) is 0 Å². The van der Waals surface area contributed by atoms with Crippen LogP contribution in [0.15, 0.2) is 18.2 Å². The maximum absolute atomic E-state index is 6.06. The molecule has 0 amide bonds. The van der Waals surface area contributed by atoms with Crippen molar-refractivity contribution in [2.75, 3.05) is 0 Å². The first-order valence-corrected chi connectivity index (χ1v) is 5.60. The van der Waals surface area contributed by atoms with Crippen LogP contribution >= 0.6 is 0 Å². The molecule has 1 aromatic carbocycles. The predicted molar refractivity (Wildman–Crippen MR) is 62.2 cm³/mol. The first kappa shape index (κ1) is 9.02. The van der Waals surface area contributed by atoms with Gasteiger partial charge in [-0.1, -0.05) is 12.1 Å². The third-order valence-electron chi connectivity index (χ3n) is 3.31. The Morgan fingerprint density at radius 2 is 2.00 bits per heavy atom.